The average molecular weight is 211 g/mol. The Morgan fingerprint density at radius 1 is 1.36 bits per heavy atom. The second kappa shape index (κ2) is 3.82. The maximum Gasteiger partial charge on any atom is 0.137 e. The molecule has 0 saturated heterocycles. The lowest BCUT2D eigenvalue weighted by Gasteiger charge is -2.12. The molecule has 1 aliphatic carbocycles. The van der Waals surface area contributed by atoms with Gasteiger partial charge in [0, 0.05) is 0 Å². The van der Waals surface area contributed by atoms with Crippen LogP contribution < -0.4 is 0 Å². The molecule has 0 bridgehead atoms. The van der Waals surface area contributed by atoms with Crippen molar-refractivity contribution in [1.82, 2.24) is 0 Å². The first-order chi connectivity index (χ1) is 6.68. The van der Waals surface area contributed by atoms with Crippen LogP contribution in [0.25, 0.3) is 0 Å². The predicted molar refractivity (Wildman–Crippen MR) is 58.9 cm³/mol. The van der Waals surface area contributed by atoms with Gasteiger partial charge in [0.25, 0.3) is 0 Å². The van der Waals surface area contributed by atoms with Gasteiger partial charge in [-0.25, -0.2) is 0 Å². The van der Waals surface area contributed by atoms with Crippen molar-refractivity contribution >= 4 is 11.6 Å². The molecule has 1 N–H and O–H groups in total. The molecule has 0 amide bonds. The number of benzene rings is 1. The summed E-state index contributed by atoms with van der Waals surface area (Å²) in [7, 11) is 0. The summed E-state index contributed by atoms with van der Waals surface area (Å²) in [6.07, 6.45) is 3.61. The molecule has 2 rings (SSSR count). The predicted octanol–water partition coefficient (Wildman–Crippen LogP) is 3.95. The highest BCUT2D eigenvalue weighted by Crippen LogP contribution is 2.43. The van der Waals surface area contributed by atoms with E-state index in [0.29, 0.717) is 10.9 Å². The maximum absolute atomic E-state index is 9.81. The van der Waals surface area contributed by atoms with Crippen molar-refractivity contribution in [1.29, 1.82) is 0 Å². The van der Waals surface area contributed by atoms with Crippen molar-refractivity contribution in [2.45, 2.75) is 32.1 Å². The van der Waals surface area contributed by atoms with E-state index in [-0.39, 0.29) is 5.75 Å². The maximum atomic E-state index is 9.81. The van der Waals surface area contributed by atoms with Gasteiger partial charge in [-0.2, -0.15) is 0 Å². The number of phenolic OH excluding ortho intramolecular Hbond substituents is 1. The molecule has 1 aromatic carbocycles. The quantitative estimate of drug-likeness (QED) is 0.744. The minimum Gasteiger partial charge on any atom is -0.506 e. The Labute approximate surface area is 89.7 Å². The standard InChI is InChI=1S/C12H15ClO/c1-8-5-6-9(7-8)10-3-2-4-11(13)12(10)14/h2-4,8-9,14H,5-7H2,1H3. The number of halogens is 1. The number of aromatic hydroxyl groups is 1. The molecular weight excluding hydrogens is 196 g/mol. The summed E-state index contributed by atoms with van der Waals surface area (Å²) >= 11 is 5.88. The van der Waals surface area contributed by atoms with Crippen molar-refractivity contribution in [3.8, 4) is 5.75 Å². The van der Waals surface area contributed by atoms with Gasteiger partial charge in [0.15, 0.2) is 0 Å². The average Bonchev–Trinajstić information content (AvgIpc) is 2.57. The van der Waals surface area contributed by atoms with Crippen LogP contribution in [0.2, 0.25) is 5.02 Å². The molecular formula is C12H15ClO. The highest BCUT2D eigenvalue weighted by Gasteiger charge is 2.25. The van der Waals surface area contributed by atoms with Gasteiger partial charge in [-0.1, -0.05) is 37.1 Å². The first kappa shape index (κ1) is 9.85. The Kier molecular flexibility index (Phi) is 2.69. The molecule has 1 saturated carbocycles. The van der Waals surface area contributed by atoms with E-state index in [1.807, 2.05) is 12.1 Å². The van der Waals surface area contributed by atoms with Crippen LogP contribution in [-0.2, 0) is 0 Å². The van der Waals surface area contributed by atoms with Crippen LogP contribution in [0.15, 0.2) is 18.2 Å². The van der Waals surface area contributed by atoms with Crippen LogP contribution >= 0.6 is 11.6 Å². The van der Waals surface area contributed by atoms with Crippen LogP contribution in [-0.4, -0.2) is 5.11 Å². The van der Waals surface area contributed by atoms with E-state index in [2.05, 4.69) is 6.92 Å². The topological polar surface area (TPSA) is 20.2 Å². The number of hydrogen-bond acceptors (Lipinski definition) is 1. The van der Waals surface area contributed by atoms with Crippen LogP contribution in [0.3, 0.4) is 0 Å². The molecule has 2 heteroatoms. The second-order valence-corrected chi connectivity index (χ2v) is 4.70. The number of rotatable bonds is 1. The lowest BCUT2D eigenvalue weighted by atomic mass is 9.96. The van der Waals surface area contributed by atoms with Crippen LogP contribution in [0.1, 0.15) is 37.7 Å². The molecule has 1 fully saturated rings. The van der Waals surface area contributed by atoms with E-state index >= 15 is 0 Å². The zero-order valence-electron chi connectivity index (χ0n) is 8.33. The summed E-state index contributed by atoms with van der Waals surface area (Å²) in [6.45, 7) is 2.27. The fraction of sp³-hybridized carbons (Fsp3) is 0.500. The summed E-state index contributed by atoms with van der Waals surface area (Å²) in [5.41, 5.74) is 1.03. The number of phenols is 1. The molecule has 14 heavy (non-hydrogen) atoms. The summed E-state index contributed by atoms with van der Waals surface area (Å²) in [6, 6.07) is 5.64. The Hall–Kier alpha value is -0.690. The number of hydrogen-bond donors (Lipinski definition) is 1. The fourth-order valence-electron chi connectivity index (χ4n) is 2.35. The second-order valence-electron chi connectivity index (χ2n) is 4.29. The van der Waals surface area contributed by atoms with Crippen molar-refractivity contribution in [3.63, 3.8) is 0 Å². The van der Waals surface area contributed by atoms with Gasteiger partial charge >= 0.3 is 0 Å². The molecule has 0 radical (unpaired) electrons. The van der Waals surface area contributed by atoms with E-state index in [0.717, 1.165) is 11.5 Å². The van der Waals surface area contributed by atoms with Crippen molar-refractivity contribution < 1.29 is 5.11 Å². The third kappa shape index (κ3) is 1.74. The molecule has 0 aromatic heterocycles. The molecule has 2 atom stereocenters. The smallest absolute Gasteiger partial charge is 0.137 e. The summed E-state index contributed by atoms with van der Waals surface area (Å²) in [4.78, 5) is 0. The normalized spacial score (nSPS) is 26.7. The van der Waals surface area contributed by atoms with E-state index in [4.69, 9.17) is 11.6 Å². The SMILES string of the molecule is CC1CCC(c2cccc(Cl)c2O)C1. The molecule has 2 unspecified atom stereocenters. The molecule has 0 aliphatic heterocycles. The Morgan fingerprint density at radius 2 is 2.14 bits per heavy atom. The first-order valence-corrected chi connectivity index (χ1v) is 5.53. The summed E-state index contributed by atoms with van der Waals surface area (Å²) in [5, 5.41) is 10.3. The molecule has 1 aromatic rings. The molecule has 1 nitrogen and oxygen atoms in total. The highest BCUT2D eigenvalue weighted by atomic mass is 35.5. The zero-order valence-corrected chi connectivity index (χ0v) is 9.09. The van der Waals surface area contributed by atoms with Crippen molar-refractivity contribution in [2.24, 2.45) is 5.92 Å². The summed E-state index contributed by atoms with van der Waals surface area (Å²) in [5.74, 6) is 1.57. The molecule has 0 heterocycles. The van der Waals surface area contributed by atoms with E-state index in [1.54, 1.807) is 6.07 Å². The van der Waals surface area contributed by atoms with Gasteiger partial charge in [0.05, 0.1) is 5.02 Å². The lowest BCUT2D eigenvalue weighted by Crippen LogP contribution is -1.94. The minimum absolute atomic E-state index is 0.285. The molecule has 0 spiro atoms. The third-order valence-electron chi connectivity index (χ3n) is 3.15. The van der Waals surface area contributed by atoms with Crippen molar-refractivity contribution in [2.75, 3.05) is 0 Å². The molecule has 76 valence electrons. The van der Waals surface area contributed by atoms with Crippen molar-refractivity contribution in [3.05, 3.63) is 28.8 Å². The zero-order chi connectivity index (χ0) is 10.1. The van der Waals surface area contributed by atoms with Crippen LogP contribution in [0.4, 0.5) is 0 Å². The first-order valence-electron chi connectivity index (χ1n) is 5.16. The van der Waals surface area contributed by atoms with E-state index in [9.17, 15) is 5.11 Å². The van der Waals surface area contributed by atoms with Gasteiger partial charge < -0.3 is 5.11 Å². The Bertz CT molecular complexity index is 335. The van der Waals surface area contributed by atoms with E-state index < -0.39 is 0 Å². The van der Waals surface area contributed by atoms with Crippen LogP contribution in [0.5, 0.6) is 5.75 Å². The van der Waals surface area contributed by atoms with Gasteiger partial charge in [-0.05, 0) is 36.3 Å². The van der Waals surface area contributed by atoms with Gasteiger partial charge in [0.1, 0.15) is 5.75 Å². The Morgan fingerprint density at radius 3 is 2.79 bits per heavy atom. The monoisotopic (exact) mass is 210 g/mol. The van der Waals surface area contributed by atoms with Gasteiger partial charge in [0.2, 0.25) is 0 Å². The van der Waals surface area contributed by atoms with Crippen LogP contribution in [0, 0.1) is 5.92 Å². The largest absolute Gasteiger partial charge is 0.506 e. The molecule has 1 aliphatic rings. The lowest BCUT2D eigenvalue weighted by molar-refractivity contribution is 0.460. The number of para-hydroxylation sites is 1. The van der Waals surface area contributed by atoms with Gasteiger partial charge in [-0.3, -0.25) is 0 Å². The third-order valence-corrected chi connectivity index (χ3v) is 3.46. The van der Waals surface area contributed by atoms with Gasteiger partial charge in [-0.15, -0.1) is 0 Å². The minimum atomic E-state index is 0.285. The highest BCUT2D eigenvalue weighted by molar-refractivity contribution is 6.32. The Balaban J connectivity index is 2.28. The fourth-order valence-corrected chi connectivity index (χ4v) is 2.53. The summed E-state index contributed by atoms with van der Waals surface area (Å²) < 4.78 is 0. The van der Waals surface area contributed by atoms with E-state index in [1.165, 1.54) is 19.3 Å².